The zero-order valence-electron chi connectivity index (χ0n) is 11.8. The lowest BCUT2D eigenvalue weighted by molar-refractivity contribution is -0.141. The Balaban J connectivity index is 2.18. The van der Waals surface area contributed by atoms with Crippen molar-refractivity contribution in [3.8, 4) is 0 Å². The van der Waals surface area contributed by atoms with Crippen LogP contribution < -0.4 is 0 Å². The summed E-state index contributed by atoms with van der Waals surface area (Å²) in [6.45, 7) is 7.92. The van der Waals surface area contributed by atoms with Gasteiger partial charge in [-0.05, 0) is 12.5 Å². The first-order valence-corrected chi connectivity index (χ1v) is 6.86. The van der Waals surface area contributed by atoms with E-state index < -0.39 is 12.0 Å². The number of ether oxygens (including phenoxy) is 1. The molecule has 0 aromatic heterocycles. The summed E-state index contributed by atoms with van der Waals surface area (Å²) in [4.78, 5) is 14.3. The lowest BCUT2D eigenvalue weighted by atomic mass is 9.89. The molecular formula is C16H21NO3. The molecule has 1 saturated heterocycles. The highest BCUT2D eigenvalue weighted by Crippen LogP contribution is 2.29. The number of hydrogen-bond donors (Lipinski definition) is 1. The summed E-state index contributed by atoms with van der Waals surface area (Å²) >= 11 is 0. The summed E-state index contributed by atoms with van der Waals surface area (Å²) in [5.74, 6) is -0.673. The lowest BCUT2D eigenvalue weighted by Crippen LogP contribution is -2.45. The van der Waals surface area contributed by atoms with E-state index in [0.717, 1.165) is 5.56 Å². The largest absolute Gasteiger partial charge is 0.387 e. The second kappa shape index (κ2) is 6.68. The van der Waals surface area contributed by atoms with Gasteiger partial charge in [-0.3, -0.25) is 4.79 Å². The van der Waals surface area contributed by atoms with Crippen molar-refractivity contribution >= 4 is 5.91 Å². The Morgan fingerprint density at radius 2 is 1.90 bits per heavy atom. The molecule has 1 fully saturated rings. The third-order valence-corrected chi connectivity index (χ3v) is 3.58. The minimum absolute atomic E-state index is 0.0721. The number of carbonyl (C=O) groups is 1. The normalized spacial score (nSPS) is 18.4. The van der Waals surface area contributed by atoms with Crippen LogP contribution in [-0.2, 0) is 9.53 Å². The smallest absolute Gasteiger partial charge is 0.232 e. The van der Waals surface area contributed by atoms with Gasteiger partial charge in [-0.2, -0.15) is 0 Å². The molecule has 1 aromatic rings. The Bertz CT molecular complexity index is 466. The predicted molar refractivity (Wildman–Crippen MR) is 77.1 cm³/mol. The summed E-state index contributed by atoms with van der Waals surface area (Å²) in [7, 11) is 0. The minimum Gasteiger partial charge on any atom is -0.387 e. The highest BCUT2D eigenvalue weighted by atomic mass is 16.5. The van der Waals surface area contributed by atoms with Crippen molar-refractivity contribution in [2.45, 2.75) is 13.0 Å². The van der Waals surface area contributed by atoms with Crippen molar-refractivity contribution in [3.63, 3.8) is 0 Å². The summed E-state index contributed by atoms with van der Waals surface area (Å²) in [6, 6.07) is 9.25. The molecule has 2 rings (SSSR count). The molecule has 0 spiro atoms. The predicted octanol–water partition coefficient (Wildman–Crippen LogP) is 1.77. The molecule has 0 aliphatic carbocycles. The van der Waals surface area contributed by atoms with E-state index in [2.05, 4.69) is 6.58 Å². The Hall–Kier alpha value is -1.65. The first kappa shape index (κ1) is 14.8. The van der Waals surface area contributed by atoms with E-state index >= 15 is 0 Å². The van der Waals surface area contributed by atoms with Crippen LogP contribution in [0.4, 0.5) is 0 Å². The third kappa shape index (κ3) is 3.26. The van der Waals surface area contributed by atoms with Crippen LogP contribution in [0, 0.1) is 5.92 Å². The van der Waals surface area contributed by atoms with Crippen LogP contribution in [-0.4, -0.2) is 42.2 Å². The number of aliphatic hydroxyl groups is 1. The van der Waals surface area contributed by atoms with Gasteiger partial charge < -0.3 is 14.7 Å². The minimum atomic E-state index is -0.857. The second-order valence-electron chi connectivity index (χ2n) is 5.12. The monoisotopic (exact) mass is 275 g/mol. The van der Waals surface area contributed by atoms with Crippen LogP contribution in [0.1, 0.15) is 18.6 Å². The third-order valence-electron chi connectivity index (χ3n) is 3.58. The first-order chi connectivity index (χ1) is 9.61. The second-order valence-corrected chi connectivity index (χ2v) is 5.12. The van der Waals surface area contributed by atoms with Gasteiger partial charge in [0.05, 0.1) is 25.2 Å². The van der Waals surface area contributed by atoms with Gasteiger partial charge in [-0.1, -0.05) is 42.5 Å². The molecular weight excluding hydrogens is 254 g/mol. The van der Waals surface area contributed by atoms with Crippen LogP contribution in [0.5, 0.6) is 0 Å². The molecule has 2 atom stereocenters. The van der Waals surface area contributed by atoms with Crippen LogP contribution >= 0.6 is 0 Å². The van der Waals surface area contributed by atoms with Crippen LogP contribution in [0.2, 0.25) is 0 Å². The number of carbonyl (C=O) groups excluding carboxylic acids is 1. The number of nitrogens with zero attached hydrogens (tertiary/aromatic N) is 1. The van der Waals surface area contributed by atoms with E-state index in [1.54, 1.807) is 11.8 Å². The van der Waals surface area contributed by atoms with Gasteiger partial charge in [0.2, 0.25) is 5.91 Å². The SMILES string of the molecule is C=C(C)C(C(=O)N1CCOCC1)C(O)c1ccccc1. The standard InChI is InChI=1S/C16H21NO3/c1-12(2)14(15(18)13-6-4-3-5-7-13)16(19)17-8-10-20-11-9-17/h3-7,14-15,18H,1,8-11H2,2H3. The van der Waals surface area contributed by atoms with Crippen LogP contribution in [0.15, 0.2) is 42.5 Å². The molecule has 1 aliphatic heterocycles. The molecule has 1 aromatic carbocycles. The van der Waals surface area contributed by atoms with Crippen molar-refractivity contribution in [2.24, 2.45) is 5.92 Å². The zero-order chi connectivity index (χ0) is 14.5. The fraction of sp³-hybridized carbons (Fsp3) is 0.438. The molecule has 20 heavy (non-hydrogen) atoms. The van der Waals surface area contributed by atoms with E-state index in [0.29, 0.717) is 31.9 Å². The van der Waals surface area contributed by atoms with Crippen LogP contribution in [0.3, 0.4) is 0 Å². The Labute approximate surface area is 119 Å². The van der Waals surface area contributed by atoms with Gasteiger partial charge >= 0.3 is 0 Å². The maximum Gasteiger partial charge on any atom is 0.232 e. The highest BCUT2D eigenvalue weighted by molar-refractivity contribution is 5.82. The topological polar surface area (TPSA) is 49.8 Å². The molecule has 0 bridgehead atoms. The fourth-order valence-corrected chi connectivity index (χ4v) is 2.44. The molecule has 4 nitrogen and oxygen atoms in total. The van der Waals surface area contributed by atoms with Gasteiger partial charge in [0.15, 0.2) is 0 Å². The molecule has 4 heteroatoms. The lowest BCUT2D eigenvalue weighted by Gasteiger charge is -2.32. The van der Waals surface area contributed by atoms with E-state index in [1.165, 1.54) is 0 Å². The van der Waals surface area contributed by atoms with Crippen molar-refractivity contribution in [2.75, 3.05) is 26.3 Å². The summed E-state index contributed by atoms with van der Waals surface area (Å²) in [5, 5.41) is 10.5. The first-order valence-electron chi connectivity index (χ1n) is 6.86. The quantitative estimate of drug-likeness (QED) is 0.852. The fourth-order valence-electron chi connectivity index (χ4n) is 2.44. The molecule has 0 saturated carbocycles. The van der Waals surface area contributed by atoms with Crippen molar-refractivity contribution in [1.29, 1.82) is 0 Å². The maximum absolute atomic E-state index is 12.6. The number of benzene rings is 1. The molecule has 0 radical (unpaired) electrons. The van der Waals surface area contributed by atoms with E-state index in [1.807, 2.05) is 30.3 Å². The average molecular weight is 275 g/mol. The zero-order valence-corrected chi connectivity index (χ0v) is 11.8. The Morgan fingerprint density at radius 3 is 2.45 bits per heavy atom. The number of amides is 1. The van der Waals surface area contributed by atoms with Gasteiger partial charge in [-0.15, -0.1) is 0 Å². The van der Waals surface area contributed by atoms with E-state index in [-0.39, 0.29) is 5.91 Å². The van der Waals surface area contributed by atoms with Crippen molar-refractivity contribution in [3.05, 3.63) is 48.0 Å². The van der Waals surface area contributed by atoms with E-state index in [4.69, 9.17) is 4.74 Å². The van der Waals surface area contributed by atoms with Crippen molar-refractivity contribution < 1.29 is 14.6 Å². The van der Waals surface area contributed by atoms with Gasteiger partial charge in [0.25, 0.3) is 0 Å². The van der Waals surface area contributed by atoms with E-state index in [9.17, 15) is 9.90 Å². The average Bonchev–Trinajstić information content (AvgIpc) is 2.48. The number of morpholine rings is 1. The summed E-state index contributed by atoms with van der Waals surface area (Å²) in [6.07, 6.45) is -0.857. The Morgan fingerprint density at radius 1 is 1.30 bits per heavy atom. The molecule has 1 amide bonds. The number of rotatable bonds is 4. The summed E-state index contributed by atoms with van der Waals surface area (Å²) < 4.78 is 5.26. The van der Waals surface area contributed by atoms with Gasteiger partial charge in [0.1, 0.15) is 0 Å². The van der Waals surface area contributed by atoms with Gasteiger partial charge in [-0.25, -0.2) is 0 Å². The van der Waals surface area contributed by atoms with Crippen LogP contribution in [0.25, 0.3) is 0 Å². The Kier molecular flexibility index (Phi) is 4.93. The maximum atomic E-state index is 12.6. The molecule has 1 N–H and O–H groups in total. The highest BCUT2D eigenvalue weighted by Gasteiger charge is 2.32. The molecule has 2 unspecified atom stereocenters. The number of aliphatic hydroxyl groups excluding tert-OH is 1. The molecule has 108 valence electrons. The van der Waals surface area contributed by atoms with Gasteiger partial charge in [0, 0.05) is 13.1 Å². The van der Waals surface area contributed by atoms with Crippen molar-refractivity contribution in [1.82, 2.24) is 4.90 Å². The number of hydrogen-bond acceptors (Lipinski definition) is 3. The summed E-state index contributed by atoms with van der Waals surface area (Å²) in [5.41, 5.74) is 1.42. The molecule has 1 aliphatic rings. The molecule has 1 heterocycles.